The van der Waals surface area contributed by atoms with Gasteiger partial charge in [0.15, 0.2) is 17.5 Å². The molecule has 1 aliphatic heterocycles. The van der Waals surface area contributed by atoms with Gasteiger partial charge in [0, 0.05) is 23.5 Å². The first-order chi connectivity index (χ1) is 18.9. The number of hydrogen-bond acceptors (Lipinski definition) is 6. The molecule has 1 aliphatic rings. The number of thioether (sulfide) groups is 1. The van der Waals surface area contributed by atoms with Crippen molar-refractivity contribution in [3.05, 3.63) is 102 Å². The second kappa shape index (κ2) is 12.3. The Kier molecular flexibility index (Phi) is 8.66. The van der Waals surface area contributed by atoms with Crippen LogP contribution in [0.15, 0.2) is 83.9 Å². The van der Waals surface area contributed by atoms with E-state index < -0.39 is 29.0 Å². The first-order valence-electron chi connectivity index (χ1n) is 12.5. The summed E-state index contributed by atoms with van der Waals surface area (Å²) in [7, 11) is 1.61. The average molecular weight is 556 g/mol. The second-order valence-corrected chi connectivity index (χ2v) is 10.5. The predicted molar refractivity (Wildman–Crippen MR) is 141 cm³/mol. The maximum Gasteiger partial charge on any atom is 0.194 e. The van der Waals surface area contributed by atoms with Gasteiger partial charge >= 0.3 is 0 Å². The summed E-state index contributed by atoms with van der Waals surface area (Å²) in [6.07, 6.45) is 0.850. The molecule has 10 heteroatoms. The Balaban J connectivity index is 1.42. The molecule has 0 bridgehead atoms. The van der Waals surface area contributed by atoms with Crippen LogP contribution in [0.2, 0.25) is 0 Å². The van der Waals surface area contributed by atoms with Crippen LogP contribution >= 0.6 is 11.8 Å². The molecule has 0 spiro atoms. The molecule has 39 heavy (non-hydrogen) atoms. The van der Waals surface area contributed by atoms with E-state index >= 15 is 0 Å². The van der Waals surface area contributed by atoms with Crippen LogP contribution in [0.4, 0.5) is 13.2 Å². The zero-order valence-electron chi connectivity index (χ0n) is 21.4. The third-order valence-corrected chi connectivity index (χ3v) is 7.95. The second-order valence-electron chi connectivity index (χ2n) is 9.36. The van der Waals surface area contributed by atoms with Crippen molar-refractivity contribution in [2.24, 2.45) is 5.92 Å². The highest BCUT2D eigenvalue weighted by Crippen LogP contribution is 2.42. The van der Waals surface area contributed by atoms with Crippen molar-refractivity contribution in [1.82, 2.24) is 15.0 Å². The van der Waals surface area contributed by atoms with E-state index in [1.54, 1.807) is 18.0 Å². The molecule has 0 amide bonds. The molecule has 1 fully saturated rings. The summed E-state index contributed by atoms with van der Waals surface area (Å²) in [6, 6.07) is 21.2. The van der Waals surface area contributed by atoms with Crippen molar-refractivity contribution < 1.29 is 27.4 Å². The Hall–Kier alpha value is -3.18. The van der Waals surface area contributed by atoms with E-state index in [1.807, 2.05) is 67.6 Å². The third-order valence-electron chi connectivity index (χ3n) is 6.80. The van der Waals surface area contributed by atoms with Gasteiger partial charge in [-0.15, -0.1) is 5.10 Å². The fourth-order valence-electron chi connectivity index (χ4n) is 4.74. The molecule has 0 N–H and O–H groups in total. The van der Waals surface area contributed by atoms with Gasteiger partial charge in [-0.2, -0.15) is 0 Å². The van der Waals surface area contributed by atoms with E-state index in [9.17, 15) is 13.2 Å². The van der Waals surface area contributed by atoms with E-state index in [-0.39, 0.29) is 29.3 Å². The highest BCUT2D eigenvalue weighted by Gasteiger charge is 2.46. The maximum atomic E-state index is 13.9. The van der Waals surface area contributed by atoms with E-state index in [4.69, 9.17) is 14.2 Å². The highest BCUT2D eigenvalue weighted by molar-refractivity contribution is 7.99. The molecule has 2 unspecified atom stereocenters. The Labute approximate surface area is 229 Å². The van der Waals surface area contributed by atoms with Crippen LogP contribution in [-0.4, -0.2) is 46.4 Å². The zero-order valence-corrected chi connectivity index (χ0v) is 22.2. The fourth-order valence-corrected chi connectivity index (χ4v) is 5.93. The number of rotatable bonds is 9. The van der Waals surface area contributed by atoms with Crippen LogP contribution in [0.1, 0.15) is 18.5 Å². The topological polar surface area (TPSA) is 58.4 Å². The standard InChI is InChI=1S/C29H28F3N3O3S/c1-18-25(17-37-16-19-9-5-3-6-10-19)38-29(39-21-11-7-4-8-12-21)28(36-2)27(18)35-15-24(33-34-35)20-13-22(30)26(32)23(31)14-20/h3-15,18,25,27-29H,16-17H2,1-2H3/t18-,25?,27-,28?,29-/m0/s1. The Morgan fingerprint density at radius 2 is 1.64 bits per heavy atom. The first-order valence-corrected chi connectivity index (χ1v) is 13.4. The number of methoxy groups -OCH3 is 1. The van der Waals surface area contributed by atoms with Crippen LogP contribution in [0, 0.1) is 23.4 Å². The molecule has 1 aromatic heterocycles. The summed E-state index contributed by atoms with van der Waals surface area (Å²) in [5.74, 6) is -4.23. The average Bonchev–Trinajstić information content (AvgIpc) is 3.44. The number of benzene rings is 3. The summed E-state index contributed by atoms with van der Waals surface area (Å²) in [6.45, 7) is 2.80. The van der Waals surface area contributed by atoms with Gasteiger partial charge in [-0.1, -0.05) is 72.4 Å². The quantitative estimate of drug-likeness (QED) is 0.226. The summed E-state index contributed by atoms with van der Waals surface area (Å²) in [4.78, 5) is 1.01. The molecule has 1 saturated heterocycles. The zero-order chi connectivity index (χ0) is 27.4. The van der Waals surface area contributed by atoms with Gasteiger partial charge in [-0.25, -0.2) is 17.9 Å². The van der Waals surface area contributed by atoms with Crippen LogP contribution in [0.5, 0.6) is 0 Å². The molecule has 0 saturated carbocycles. The fraction of sp³-hybridized carbons (Fsp3) is 0.310. The maximum absolute atomic E-state index is 13.9. The van der Waals surface area contributed by atoms with Crippen LogP contribution in [0.25, 0.3) is 11.3 Å². The molecule has 0 radical (unpaired) electrons. The van der Waals surface area contributed by atoms with Crippen LogP contribution in [0.3, 0.4) is 0 Å². The monoisotopic (exact) mass is 555 g/mol. The molecule has 4 aromatic rings. The summed E-state index contributed by atoms with van der Waals surface area (Å²) < 4.78 is 61.5. The van der Waals surface area contributed by atoms with Crippen molar-refractivity contribution in [3.63, 3.8) is 0 Å². The number of aromatic nitrogens is 3. The molecule has 2 heterocycles. The minimum atomic E-state index is -1.53. The van der Waals surface area contributed by atoms with Crippen molar-refractivity contribution in [3.8, 4) is 11.3 Å². The largest absolute Gasteiger partial charge is 0.376 e. The lowest BCUT2D eigenvalue weighted by Gasteiger charge is -2.44. The smallest absolute Gasteiger partial charge is 0.194 e. The Morgan fingerprint density at radius 3 is 2.31 bits per heavy atom. The predicted octanol–water partition coefficient (Wildman–Crippen LogP) is 6.29. The van der Waals surface area contributed by atoms with Crippen LogP contribution in [-0.2, 0) is 20.8 Å². The number of hydrogen-bond donors (Lipinski definition) is 0. The molecule has 6 nitrogen and oxygen atoms in total. The number of halogens is 3. The van der Waals surface area contributed by atoms with E-state index in [2.05, 4.69) is 10.3 Å². The lowest BCUT2D eigenvalue weighted by atomic mass is 9.89. The summed E-state index contributed by atoms with van der Waals surface area (Å²) in [5, 5.41) is 8.43. The molecule has 3 aromatic carbocycles. The third kappa shape index (κ3) is 6.19. The lowest BCUT2D eigenvalue weighted by molar-refractivity contribution is -0.164. The molecule has 0 aliphatic carbocycles. The summed E-state index contributed by atoms with van der Waals surface area (Å²) in [5.41, 5.74) is 0.953. The van der Waals surface area contributed by atoms with Crippen molar-refractivity contribution in [2.75, 3.05) is 13.7 Å². The van der Waals surface area contributed by atoms with Gasteiger partial charge in [0.05, 0.1) is 31.6 Å². The van der Waals surface area contributed by atoms with E-state index in [0.29, 0.717) is 13.2 Å². The lowest BCUT2D eigenvalue weighted by Crippen LogP contribution is -2.52. The van der Waals surface area contributed by atoms with Gasteiger partial charge in [0.25, 0.3) is 0 Å². The first kappa shape index (κ1) is 27.4. The summed E-state index contributed by atoms with van der Waals surface area (Å²) >= 11 is 1.53. The number of nitrogens with zero attached hydrogens (tertiary/aromatic N) is 3. The van der Waals surface area contributed by atoms with Gasteiger partial charge < -0.3 is 14.2 Å². The SMILES string of the molecule is COC1[C@@H](n2cc(-c3cc(F)c(F)c(F)c3)nn2)[C@@H](C)C(COCc2ccccc2)O[C@H]1Sc1ccccc1. The molecule has 5 rings (SSSR count). The Morgan fingerprint density at radius 1 is 0.974 bits per heavy atom. The Bertz CT molecular complexity index is 1350. The molecular weight excluding hydrogens is 527 g/mol. The van der Waals surface area contributed by atoms with Gasteiger partial charge in [-0.05, 0) is 29.8 Å². The van der Waals surface area contributed by atoms with Gasteiger partial charge in [0.2, 0.25) is 0 Å². The van der Waals surface area contributed by atoms with Crippen LogP contribution < -0.4 is 0 Å². The highest BCUT2D eigenvalue weighted by atomic mass is 32.2. The van der Waals surface area contributed by atoms with E-state index in [0.717, 1.165) is 22.6 Å². The van der Waals surface area contributed by atoms with E-state index in [1.165, 1.54) is 11.8 Å². The minimum Gasteiger partial charge on any atom is -0.376 e. The molecule has 204 valence electrons. The minimum absolute atomic E-state index is 0.0873. The normalized spacial score (nSPS) is 23.2. The van der Waals surface area contributed by atoms with Gasteiger partial charge in [0.1, 0.15) is 17.2 Å². The number of ether oxygens (including phenoxy) is 3. The van der Waals surface area contributed by atoms with Crippen molar-refractivity contribution in [1.29, 1.82) is 0 Å². The molecular formula is C29H28F3N3O3S. The van der Waals surface area contributed by atoms with Crippen molar-refractivity contribution >= 4 is 11.8 Å². The van der Waals surface area contributed by atoms with Gasteiger partial charge in [-0.3, -0.25) is 0 Å². The van der Waals surface area contributed by atoms with Crippen molar-refractivity contribution in [2.45, 2.75) is 42.1 Å². The molecule has 5 atom stereocenters.